The molecule has 3 aromatic rings. The molecule has 0 spiro atoms. The fraction of sp³-hybridized carbons (Fsp3) is 0.250. The molecule has 3 heterocycles. The molecule has 0 unspecified atom stereocenters. The van der Waals surface area contributed by atoms with Gasteiger partial charge in [-0.05, 0) is 19.1 Å². The summed E-state index contributed by atoms with van der Waals surface area (Å²) >= 11 is 0. The van der Waals surface area contributed by atoms with Gasteiger partial charge < -0.3 is 19.2 Å². The highest BCUT2D eigenvalue weighted by Crippen LogP contribution is 2.33. The van der Waals surface area contributed by atoms with Crippen molar-refractivity contribution < 1.29 is 28.3 Å². The Labute approximate surface area is 176 Å². The van der Waals surface area contributed by atoms with Crippen LogP contribution < -0.4 is 20.1 Å². The summed E-state index contributed by atoms with van der Waals surface area (Å²) in [6.07, 6.45) is 0. The molecule has 1 aliphatic heterocycles. The summed E-state index contributed by atoms with van der Waals surface area (Å²) in [6.45, 7) is 0.988. The molecular weight excluding hydrogens is 406 g/mol. The zero-order valence-electron chi connectivity index (χ0n) is 17.0. The van der Waals surface area contributed by atoms with E-state index in [0.29, 0.717) is 5.58 Å². The molecule has 2 N–H and O–H groups in total. The fourth-order valence-corrected chi connectivity index (χ4v) is 3.21. The molecule has 11 nitrogen and oxygen atoms in total. The van der Waals surface area contributed by atoms with E-state index in [9.17, 15) is 14.4 Å². The molecule has 11 heteroatoms. The smallest absolute Gasteiger partial charge is 0.325 e. The maximum Gasteiger partial charge on any atom is 0.325 e. The number of anilines is 1. The van der Waals surface area contributed by atoms with E-state index in [-0.39, 0.29) is 23.5 Å². The quantitative estimate of drug-likeness (QED) is 0.569. The third-order valence-electron chi connectivity index (χ3n) is 4.84. The van der Waals surface area contributed by atoms with Crippen molar-refractivity contribution in [2.45, 2.75) is 12.5 Å². The third kappa shape index (κ3) is 3.61. The van der Waals surface area contributed by atoms with E-state index in [1.54, 1.807) is 18.2 Å². The number of hydrogen-bond donors (Lipinski definition) is 2. The second kappa shape index (κ2) is 7.59. The van der Waals surface area contributed by atoms with Crippen molar-refractivity contribution in [1.82, 2.24) is 20.2 Å². The number of para-hydroxylation sites is 1. The Bertz CT molecular complexity index is 1140. The van der Waals surface area contributed by atoms with Crippen LogP contribution in [0.5, 0.6) is 11.8 Å². The summed E-state index contributed by atoms with van der Waals surface area (Å²) in [5, 5.41) is 5.83. The molecule has 4 amide bonds. The van der Waals surface area contributed by atoms with Crippen LogP contribution >= 0.6 is 0 Å². The summed E-state index contributed by atoms with van der Waals surface area (Å²) in [7, 11) is 2.80. The van der Waals surface area contributed by atoms with Gasteiger partial charge in [-0.25, -0.2) is 4.79 Å². The molecule has 0 aliphatic carbocycles. The minimum absolute atomic E-state index is 0.0895. The zero-order chi connectivity index (χ0) is 22.2. The first-order chi connectivity index (χ1) is 14.8. The molecule has 1 fully saturated rings. The number of aromatic nitrogens is 2. The monoisotopic (exact) mass is 425 g/mol. The first-order valence-corrected chi connectivity index (χ1v) is 9.24. The Hall–Kier alpha value is -4.15. The average Bonchev–Trinajstić information content (AvgIpc) is 3.29. The van der Waals surface area contributed by atoms with E-state index in [1.165, 1.54) is 27.2 Å². The Balaban J connectivity index is 1.52. The third-order valence-corrected chi connectivity index (χ3v) is 4.84. The molecule has 1 aromatic carbocycles. The molecular formula is C20H19N5O6. The molecule has 4 rings (SSSR count). The van der Waals surface area contributed by atoms with Crippen LogP contribution in [-0.2, 0) is 15.1 Å². The molecule has 0 radical (unpaired) electrons. The van der Waals surface area contributed by atoms with Crippen LogP contribution in [0.1, 0.15) is 12.7 Å². The number of amides is 4. The fourth-order valence-electron chi connectivity index (χ4n) is 3.21. The van der Waals surface area contributed by atoms with Gasteiger partial charge in [-0.3, -0.25) is 19.8 Å². The second-order valence-corrected chi connectivity index (χ2v) is 6.92. The largest absolute Gasteiger partial charge is 0.481 e. The van der Waals surface area contributed by atoms with Crippen LogP contribution in [0.15, 0.2) is 40.8 Å². The van der Waals surface area contributed by atoms with Gasteiger partial charge in [0.05, 0.1) is 20.3 Å². The van der Waals surface area contributed by atoms with Crippen molar-refractivity contribution in [2.24, 2.45) is 0 Å². The Morgan fingerprint density at radius 2 is 1.84 bits per heavy atom. The van der Waals surface area contributed by atoms with Crippen LogP contribution in [0.25, 0.3) is 11.0 Å². The Morgan fingerprint density at radius 1 is 1.16 bits per heavy atom. The van der Waals surface area contributed by atoms with Crippen molar-refractivity contribution in [3.8, 4) is 11.8 Å². The van der Waals surface area contributed by atoms with Crippen LogP contribution in [0.4, 0.5) is 10.7 Å². The van der Waals surface area contributed by atoms with Crippen molar-refractivity contribution in [3.05, 3.63) is 42.2 Å². The Kier molecular flexibility index (Phi) is 4.93. The number of benzene rings is 1. The lowest BCUT2D eigenvalue weighted by Gasteiger charge is -2.18. The van der Waals surface area contributed by atoms with Gasteiger partial charge >= 0.3 is 6.03 Å². The van der Waals surface area contributed by atoms with Gasteiger partial charge in [0.15, 0.2) is 5.54 Å². The zero-order valence-corrected chi connectivity index (χ0v) is 17.0. The lowest BCUT2D eigenvalue weighted by Crippen LogP contribution is -2.42. The van der Waals surface area contributed by atoms with Gasteiger partial charge in [0.25, 0.3) is 5.91 Å². The number of ether oxygens (including phenoxy) is 2. The summed E-state index contributed by atoms with van der Waals surface area (Å²) in [6, 6.07) is 9.65. The first-order valence-electron chi connectivity index (χ1n) is 9.24. The van der Waals surface area contributed by atoms with E-state index >= 15 is 0 Å². The Morgan fingerprint density at radius 3 is 2.48 bits per heavy atom. The number of imide groups is 1. The highest BCUT2D eigenvalue weighted by molar-refractivity contribution is 6.10. The second-order valence-electron chi connectivity index (χ2n) is 6.92. The van der Waals surface area contributed by atoms with Crippen LogP contribution in [-0.4, -0.2) is 53.5 Å². The summed E-state index contributed by atoms with van der Waals surface area (Å²) in [5.41, 5.74) is -0.854. The number of carbonyl (C=O) groups excluding carboxylic acids is 3. The molecule has 0 saturated carbocycles. The minimum Gasteiger partial charge on any atom is -0.481 e. The predicted octanol–water partition coefficient (Wildman–Crippen LogP) is 1.65. The molecule has 1 atom stereocenters. The highest BCUT2D eigenvalue weighted by Gasteiger charge is 2.51. The van der Waals surface area contributed by atoms with Crippen molar-refractivity contribution in [3.63, 3.8) is 0 Å². The minimum atomic E-state index is -1.44. The van der Waals surface area contributed by atoms with Crippen molar-refractivity contribution in [1.29, 1.82) is 0 Å². The average molecular weight is 425 g/mol. The van der Waals surface area contributed by atoms with E-state index in [1.807, 2.05) is 12.1 Å². The lowest BCUT2D eigenvalue weighted by atomic mass is 9.99. The lowest BCUT2D eigenvalue weighted by molar-refractivity contribution is -0.134. The number of methoxy groups -OCH3 is 2. The molecule has 160 valence electrons. The maximum atomic E-state index is 13.0. The number of carbonyl (C=O) groups is 3. The topological polar surface area (TPSA) is 136 Å². The van der Waals surface area contributed by atoms with Gasteiger partial charge in [-0.1, -0.05) is 18.2 Å². The predicted molar refractivity (Wildman–Crippen MR) is 108 cm³/mol. The summed E-state index contributed by atoms with van der Waals surface area (Å²) in [4.78, 5) is 46.8. The van der Waals surface area contributed by atoms with Gasteiger partial charge in [0, 0.05) is 5.39 Å². The van der Waals surface area contributed by atoms with E-state index in [2.05, 4.69) is 20.6 Å². The van der Waals surface area contributed by atoms with Gasteiger partial charge in [0.1, 0.15) is 17.9 Å². The van der Waals surface area contributed by atoms with E-state index < -0.39 is 29.9 Å². The highest BCUT2D eigenvalue weighted by atomic mass is 16.5. The normalized spacial score (nSPS) is 18.2. The van der Waals surface area contributed by atoms with Crippen LogP contribution in [0.2, 0.25) is 0 Å². The standard InChI is InChI=1S/C20H19N5O6/c1-20(13-8-11-6-4-5-7-12(11)31-13)17(27)25(19(28)24-20)10-14(26)21-18-22-15(29-2)9-16(23-18)30-3/h4-9H,10H2,1-3H3,(H,24,28)(H,21,22,23,26)/t20-/m1/s1. The number of rotatable bonds is 6. The maximum absolute atomic E-state index is 13.0. The molecule has 1 saturated heterocycles. The number of nitrogens with one attached hydrogen (secondary N) is 2. The number of hydrogen-bond acceptors (Lipinski definition) is 8. The SMILES string of the molecule is COc1cc(OC)nc(NC(=O)CN2C(=O)N[C@](C)(c3cc4ccccc4o3)C2=O)n1. The number of urea groups is 1. The molecule has 0 bridgehead atoms. The van der Waals surface area contributed by atoms with Crippen molar-refractivity contribution >= 4 is 34.8 Å². The van der Waals surface area contributed by atoms with E-state index in [4.69, 9.17) is 13.9 Å². The first kappa shape index (κ1) is 20.1. The molecule has 2 aromatic heterocycles. The van der Waals surface area contributed by atoms with Crippen LogP contribution in [0, 0.1) is 0 Å². The number of furan rings is 1. The summed E-state index contributed by atoms with van der Waals surface area (Å²) in [5.74, 6) is -0.753. The summed E-state index contributed by atoms with van der Waals surface area (Å²) < 4.78 is 15.8. The van der Waals surface area contributed by atoms with E-state index in [0.717, 1.165) is 10.3 Å². The molecule has 31 heavy (non-hydrogen) atoms. The van der Waals surface area contributed by atoms with Gasteiger partial charge in [-0.15, -0.1) is 0 Å². The van der Waals surface area contributed by atoms with Crippen LogP contribution in [0.3, 0.4) is 0 Å². The van der Waals surface area contributed by atoms with Crippen molar-refractivity contribution in [2.75, 3.05) is 26.1 Å². The van der Waals surface area contributed by atoms with Gasteiger partial charge in [-0.2, -0.15) is 9.97 Å². The van der Waals surface area contributed by atoms with Gasteiger partial charge in [0.2, 0.25) is 23.6 Å². The molecule has 1 aliphatic rings. The number of fused-ring (bicyclic) bond motifs is 1. The number of nitrogens with zero attached hydrogens (tertiary/aromatic N) is 3.